The number of carbonyl (C=O) groups excluding carboxylic acids is 1. The van der Waals surface area contributed by atoms with Crippen LogP contribution < -0.4 is 9.47 Å². The van der Waals surface area contributed by atoms with E-state index in [0.29, 0.717) is 23.8 Å². The molecule has 0 aliphatic carbocycles. The van der Waals surface area contributed by atoms with Gasteiger partial charge >= 0.3 is 0 Å². The van der Waals surface area contributed by atoms with Gasteiger partial charge in [0.15, 0.2) is 5.78 Å². The summed E-state index contributed by atoms with van der Waals surface area (Å²) in [6, 6.07) is 13.0. The van der Waals surface area contributed by atoms with Gasteiger partial charge in [-0.05, 0) is 44.2 Å². The lowest BCUT2D eigenvalue weighted by Crippen LogP contribution is -2.04. The van der Waals surface area contributed by atoms with Gasteiger partial charge in [0.05, 0.1) is 17.5 Å². The first-order chi connectivity index (χ1) is 11.7. The zero-order chi connectivity index (χ0) is 16.9. The topological polar surface area (TPSA) is 61.3 Å². The van der Waals surface area contributed by atoms with Crippen LogP contribution in [0.15, 0.2) is 48.8 Å². The van der Waals surface area contributed by atoms with Crippen LogP contribution in [0.25, 0.3) is 10.9 Å². The molecule has 0 fully saturated rings. The van der Waals surface area contributed by atoms with Crippen LogP contribution >= 0.6 is 0 Å². The molecule has 0 bridgehead atoms. The minimum Gasteiger partial charge on any atom is -0.493 e. The average molecular weight is 322 g/mol. The maximum atomic E-state index is 11.6. The SMILES string of the molecule is CCOc1ccc(C(C)=O)cc1COc1ncnc2ccccc12. The van der Waals surface area contributed by atoms with Crippen LogP contribution in [0, 0.1) is 0 Å². The number of Topliss-reactive ketones (excluding diaryl/α,β-unsaturated/α-hetero) is 1. The van der Waals surface area contributed by atoms with Gasteiger partial charge in [-0.3, -0.25) is 4.79 Å². The molecular weight excluding hydrogens is 304 g/mol. The maximum absolute atomic E-state index is 11.6. The van der Waals surface area contributed by atoms with Crippen LogP contribution in [-0.4, -0.2) is 22.4 Å². The van der Waals surface area contributed by atoms with Crippen molar-refractivity contribution in [2.24, 2.45) is 0 Å². The standard InChI is InChI=1S/C19H18N2O3/c1-3-23-18-9-8-14(13(2)22)10-15(18)11-24-19-16-6-4-5-7-17(16)20-12-21-19/h4-10,12H,3,11H2,1-2H3. The van der Waals surface area contributed by atoms with Crippen molar-refractivity contribution >= 4 is 16.7 Å². The molecule has 5 heteroatoms. The molecule has 2 aromatic carbocycles. The predicted molar refractivity (Wildman–Crippen MR) is 91.5 cm³/mol. The van der Waals surface area contributed by atoms with Crippen LogP contribution in [-0.2, 0) is 6.61 Å². The number of ether oxygens (including phenoxy) is 2. The van der Waals surface area contributed by atoms with E-state index in [2.05, 4.69) is 9.97 Å². The van der Waals surface area contributed by atoms with Gasteiger partial charge in [0, 0.05) is 11.1 Å². The summed E-state index contributed by atoms with van der Waals surface area (Å²) in [7, 11) is 0. The van der Waals surface area contributed by atoms with Gasteiger partial charge in [0.25, 0.3) is 0 Å². The number of hydrogen-bond donors (Lipinski definition) is 0. The Morgan fingerprint density at radius 3 is 2.71 bits per heavy atom. The smallest absolute Gasteiger partial charge is 0.224 e. The predicted octanol–water partition coefficient (Wildman–Crippen LogP) is 3.81. The summed E-state index contributed by atoms with van der Waals surface area (Å²) < 4.78 is 11.5. The minimum atomic E-state index is 0.00628. The molecule has 0 spiro atoms. The van der Waals surface area contributed by atoms with E-state index in [0.717, 1.165) is 16.5 Å². The van der Waals surface area contributed by atoms with E-state index in [1.165, 1.54) is 13.3 Å². The Bertz CT molecular complexity index is 872. The summed E-state index contributed by atoms with van der Waals surface area (Å²) in [5, 5.41) is 0.848. The Labute approximate surface area is 140 Å². The van der Waals surface area contributed by atoms with E-state index in [1.54, 1.807) is 18.2 Å². The lowest BCUT2D eigenvalue weighted by Gasteiger charge is -2.13. The molecule has 3 aromatic rings. The van der Waals surface area contributed by atoms with Crippen molar-refractivity contribution in [3.05, 3.63) is 59.9 Å². The lowest BCUT2D eigenvalue weighted by atomic mass is 10.1. The van der Waals surface area contributed by atoms with E-state index in [-0.39, 0.29) is 12.4 Å². The molecule has 0 saturated heterocycles. The Morgan fingerprint density at radius 2 is 1.92 bits per heavy atom. The van der Waals surface area contributed by atoms with Gasteiger partial charge in [-0.15, -0.1) is 0 Å². The number of carbonyl (C=O) groups is 1. The lowest BCUT2D eigenvalue weighted by molar-refractivity contribution is 0.101. The summed E-state index contributed by atoms with van der Waals surface area (Å²) in [6.45, 7) is 4.26. The zero-order valence-electron chi connectivity index (χ0n) is 13.7. The first-order valence-electron chi connectivity index (χ1n) is 7.78. The van der Waals surface area contributed by atoms with Crippen molar-refractivity contribution in [3.63, 3.8) is 0 Å². The maximum Gasteiger partial charge on any atom is 0.224 e. The zero-order valence-corrected chi connectivity index (χ0v) is 13.7. The molecule has 0 aliphatic heterocycles. The van der Waals surface area contributed by atoms with Crippen LogP contribution in [0.4, 0.5) is 0 Å². The number of ketones is 1. The summed E-state index contributed by atoms with van der Waals surface area (Å²) in [5.74, 6) is 1.23. The molecule has 0 amide bonds. The van der Waals surface area contributed by atoms with Crippen LogP contribution in [0.5, 0.6) is 11.6 Å². The molecule has 0 saturated carbocycles. The first kappa shape index (κ1) is 15.9. The Hall–Kier alpha value is -2.95. The number of rotatable bonds is 6. The average Bonchev–Trinajstić information content (AvgIpc) is 2.61. The van der Waals surface area contributed by atoms with E-state index in [1.807, 2.05) is 31.2 Å². The second kappa shape index (κ2) is 7.08. The van der Waals surface area contributed by atoms with Crippen LogP contribution in [0.1, 0.15) is 29.8 Å². The fraction of sp³-hybridized carbons (Fsp3) is 0.211. The second-order valence-corrected chi connectivity index (χ2v) is 5.30. The van der Waals surface area contributed by atoms with Crippen LogP contribution in [0.3, 0.4) is 0 Å². The second-order valence-electron chi connectivity index (χ2n) is 5.30. The third kappa shape index (κ3) is 3.35. The minimum absolute atomic E-state index is 0.00628. The molecule has 1 aromatic heterocycles. The summed E-state index contributed by atoms with van der Waals surface area (Å²) >= 11 is 0. The van der Waals surface area contributed by atoms with E-state index in [4.69, 9.17) is 9.47 Å². The van der Waals surface area contributed by atoms with Gasteiger partial charge in [-0.1, -0.05) is 12.1 Å². The first-order valence-corrected chi connectivity index (χ1v) is 7.78. The molecule has 24 heavy (non-hydrogen) atoms. The molecule has 0 unspecified atom stereocenters. The molecule has 1 heterocycles. The van der Waals surface area contributed by atoms with Gasteiger partial charge < -0.3 is 9.47 Å². The number of nitrogens with zero attached hydrogens (tertiary/aromatic N) is 2. The summed E-state index contributed by atoms with van der Waals surface area (Å²) in [5.41, 5.74) is 2.27. The van der Waals surface area contributed by atoms with Gasteiger partial charge in [0.1, 0.15) is 18.7 Å². The molecule has 0 atom stereocenters. The molecule has 3 rings (SSSR count). The van der Waals surface area contributed by atoms with E-state index >= 15 is 0 Å². The Kier molecular flexibility index (Phi) is 4.70. The molecule has 5 nitrogen and oxygen atoms in total. The molecular formula is C19H18N2O3. The van der Waals surface area contributed by atoms with E-state index < -0.39 is 0 Å². The van der Waals surface area contributed by atoms with Gasteiger partial charge in [-0.25, -0.2) is 9.97 Å². The fourth-order valence-electron chi connectivity index (χ4n) is 2.45. The number of para-hydroxylation sites is 1. The van der Waals surface area contributed by atoms with Crippen molar-refractivity contribution in [1.82, 2.24) is 9.97 Å². The molecule has 122 valence electrons. The fourth-order valence-corrected chi connectivity index (χ4v) is 2.45. The molecule has 0 N–H and O–H groups in total. The van der Waals surface area contributed by atoms with Gasteiger partial charge in [-0.2, -0.15) is 0 Å². The quantitative estimate of drug-likeness (QED) is 0.646. The molecule has 0 aliphatic rings. The highest BCUT2D eigenvalue weighted by molar-refractivity contribution is 5.94. The summed E-state index contributed by atoms with van der Waals surface area (Å²) in [4.78, 5) is 20.0. The van der Waals surface area contributed by atoms with Crippen molar-refractivity contribution in [2.45, 2.75) is 20.5 Å². The largest absolute Gasteiger partial charge is 0.493 e. The highest BCUT2D eigenvalue weighted by Gasteiger charge is 2.10. The third-order valence-corrected chi connectivity index (χ3v) is 3.64. The normalized spacial score (nSPS) is 10.6. The number of benzene rings is 2. The Morgan fingerprint density at radius 1 is 1.08 bits per heavy atom. The van der Waals surface area contributed by atoms with Crippen LogP contribution in [0.2, 0.25) is 0 Å². The van der Waals surface area contributed by atoms with Crippen molar-refractivity contribution in [2.75, 3.05) is 6.61 Å². The number of hydrogen-bond acceptors (Lipinski definition) is 5. The van der Waals surface area contributed by atoms with E-state index in [9.17, 15) is 4.79 Å². The molecule has 0 radical (unpaired) electrons. The highest BCUT2D eigenvalue weighted by atomic mass is 16.5. The van der Waals surface area contributed by atoms with Crippen molar-refractivity contribution in [3.8, 4) is 11.6 Å². The van der Waals surface area contributed by atoms with Crippen molar-refractivity contribution in [1.29, 1.82) is 0 Å². The number of fused-ring (bicyclic) bond motifs is 1. The van der Waals surface area contributed by atoms with Gasteiger partial charge in [0.2, 0.25) is 5.88 Å². The summed E-state index contributed by atoms with van der Waals surface area (Å²) in [6.07, 6.45) is 1.48. The third-order valence-electron chi connectivity index (χ3n) is 3.64. The number of aromatic nitrogens is 2. The monoisotopic (exact) mass is 322 g/mol. The van der Waals surface area contributed by atoms with Crippen molar-refractivity contribution < 1.29 is 14.3 Å². The Balaban J connectivity index is 1.89. The highest BCUT2D eigenvalue weighted by Crippen LogP contribution is 2.25.